The second kappa shape index (κ2) is 8.62. The quantitative estimate of drug-likeness (QED) is 0.793. The van der Waals surface area contributed by atoms with Crippen LogP contribution in [0.3, 0.4) is 0 Å². The second-order valence-corrected chi connectivity index (χ2v) is 5.81. The number of pyridine rings is 1. The Labute approximate surface area is 128 Å². The number of likely N-dealkylation sites (N-methyl/N-ethyl adjacent to an activating group) is 2. The van der Waals surface area contributed by atoms with Gasteiger partial charge in [-0.25, -0.2) is 4.98 Å². The van der Waals surface area contributed by atoms with E-state index < -0.39 is 0 Å². The Bertz CT molecular complexity index is 446. The molecule has 0 atom stereocenters. The van der Waals surface area contributed by atoms with Gasteiger partial charge in [0.25, 0.3) is 0 Å². The molecule has 0 saturated carbocycles. The highest BCUT2D eigenvalue weighted by Gasteiger charge is 2.15. The fourth-order valence-corrected chi connectivity index (χ4v) is 1.99. The number of hydrogen-bond acceptors (Lipinski definition) is 4. The minimum absolute atomic E-state index is 0.0867. The highest BCUT2D eigenvalue weighted by Crippen LogP contribution is 2.17. The Morgan fingerprint density at radius 3 is 2.67 bits per heavy atom. The van der Waals surface area contributed by atoms with Crippen LogP contribution >= 0.6 is 0 Å². The van der Waals surface area contributed by atoms with E-state index in [2.05, 4.69) is 30.2 Å². The zero-order valence-electron chi connectivity index (χ0n) is 13.9. The summed E-state index contributed by atoms with van der Waals surface area (Å²) in [6, 6.07) is 4.01. The van der Waals surface area contributed by atoms with Crippen molar-refractivity contribution in [3.8, 4) is 0 Å². The van der Waals surface area contributed by atoms with Crippen LogP contribution in [0.25, 0.3) is 0 Å². The summed E-state index contributed by atoms with van der Waals surface area (Å²) in [6.45, 7) is 9.27. The Hall–Kier alpha value is -1.62. The van der Waals surface area contributed by atoms with E-state index in [1.165, 1.54) is 0 Å². The number of nitrogens with one attached hydrogen (secondary N) is 1. The number of carbonyl (C=O) groups is 1. The molecule has 1 amide bonds. The van der Waals surface area contributed by atoms with Gasteiger partial charge >= 0.3 is 0 Å². The van der Waals surface area contributed by atoms with Crippen LogP contribution in [0.4, 0.5) is 5.82 Å². The van der Waals surface area contributed by atoms with Gasteiger partial charge in [-0.3, -0.25) is 4.79 Å². The van der Waals surface area contributed by atoms with Gasteiger partial charge in [0.2, 0.25) is 5.91 Å². The molecule has 0 spiro atoms. The van der Waals surface area contributed by atoms with Gasteiger partial charge in [-0.2, -0.15) is 0 Å². The summed E-state index contributed by atoms with van der Waals surface area (Å²) in [6.07, 6.45) is 1.78. The summed E-state index contributed by atoms with van der Waals surface area (Å²) in [5.74, 6) is 1.60. The van der Waals surface area contributed by atoms with E-state index in [-0.39, 0.29) is 5.91 Å². The molecule has 0 aliphatic rings. The predicted octanol–water partition coefficient (Wildman–Crippen LogP) is 1.74. The maximum absolute atomic E-state index is 11.9. The van der Waals surface area contributed by atoms with Crippen LogP contribution in [0.5, 0.6) is 0 Å². The Kier molecular flexibility index (Phi) is 7.15. The fourth-order valence-electron chi connectivity index (χ4n) is 1.99. The average Bonchev–Trinajstić information content (AvgIpc) is 2.44. The number of amides is 1. The minimum Gasteiger partial charge on any atom is -0.347 e. The Morgan fingerprint density at radius 2 is 2.10 bits per heavy atom. The van der Waals surface area contributed by atoms with Crippen molar-refractivity contribution in [3.05, 3.63) is 23.9 Å². The molecule has 0 fully saturated rings. The van der Waals surface area contributed by atoms with E-state index in [0.717, 1.165) is 31.0 Å². The maximum atomic E-state index is 11.9. The molecule has 21 heavy (non-hydrogen) atoms. The van der Waals surface area contributed by atoms with Gasteiger partial charge < -0.3 is 15.1 Å². The van der Waals surface area contributed by atoms with Crippen LogP contribution in [0.15, 0.2) is 18.3 Å². The smallest absolute Gasteiger partial charge is 0.241 e. The summed E-state index contributed by atoms with van der Waals surface area (Å²) in [5.41, 5.74) is 1.13. The van der Waals surface area contributed by atoms with E-state index in [4.69, 9.17) is 0 Å². The molecule has 5 nitrogen and oxygen atoms in total. The van der Waals surface area contributed by atoms with E-state index >= 15 is 0 Å². The first-order valence-electron chi connectivity index (χ1n) is 7.55. The monoisotopic (exact) mass is 292 g/mol. The highest BCUT2D eigenvalue weighted by molar-refractivity contribution is 5.80. The van der Waals surface area contributed by atoms with Gasteiger partial charge in [0, 0.05) is 38.9 Å². The van der Waals surface area contributed by atoms with Gasteiger partial charge in [0.1, 0.15) is 5.82 Å². The summed E-state index contributed by atoms with van der Waals surface area (Å²) >= 11 is 0. The van der Waals surface area contributed by atoms with Crippen molar-refractivity contribution in [2.24, 2.45) is 5.92 Å². The van der Waals surface area contributed by atoms with E-state index in [1.54, 1.807) is 25.2 Å². The molecular weight excluding hydrogens is 264 g/mol. The number of aromatic nitrogens is 1. The first-order valence-corrected chi connectivity index (χ1v) is 7.55. The molecule has 5 heteroatoms. The van der Waals surface area contributed by atoms with Crippen molar-refractivity contribution in [3.63, 3.8) is 0 Å². The van der Waals surface area contributed by atoms with Crippen molar-refractivity contribution >= 4 is 11.7 Å². The number of anilines is 1. The molecule has 1 rings (SSSR count). The molecule has 1 aromatic rings. The summed E-state index contributed by atoms with van der Waals surface area (Å²) in [7, 11) is 3.55. The van der Waals surface area contributed by atoms with Crippen LogP contribution < -0.4 is 10.2 Å². The van der Waals surface area contributed by atoms with Crippen molar-refractivity contribution in [2.75, 3.05) is 38.6 Å². The molecule has 0 radical (unpaired) electrons. The molecular formula is C16H28N4O. The average molecular weight is 292 g/mol. The van der Waals surface area contributed by atoms with E-state index in [0.29, 0.717) is 12.5 Å². The largest absolute Gasteiger partial charge is 0.347 e. The zero-order chi connectivity index (χ0) is 15.8. The summed E-state index contributed by atoms with van der Waals surface area (Å²) in [4.78, 5) is 20.1. The lowest BCUT2D eigenvalue weighted by molar-refractivity contribution is -0.127. The highest BCUT2D eigenvalue weighted by atomic mass is 16.2. The first-order chi connectivity index (χ1) is 9.95. The zero-order valence-corrected chi connectivity index (χ0v) is 13.9. The topological polar surface area (TPSA) is 48.5 Å². The number of hydrogen-bond donors (Lipinski definition) is 1. The maximum Gasteiger partial charge on any atom is 0.241 e. The van der Waals surface area contributed by atoms with Crippen molar-refractivity contribution < 1.29 is 4.79 Å². The molecule has 0 saturated heterocycles. The van der Waals surface area contributed by atoms with Crippen molar-refractivity contribution in [2.45, 2.75) is 27.3 Å². The standard InChI is InChI=1S/C16H28N4O/c1-6-20(12-15(21)19(4)5)16-14(8-7-9-18-16)11-17-10-13(2)3/h7-9,13,17H,6,10-12H2,1-5H3. The van der Waals surface area contributed by atoms with E-state index in [1.807, 2.05) is 17.9 Å². The lowest BCUT2D eigenvalue weighted by Crippen LogP contribution is -2.37. The molecule has 1 aromatic heterocycles. The third kappa shape index (κ3) is 5.71. The SMILES string of the molecule is CCN(CC(=O)N(C)C)c1ncccc1CNCC(C)C. The fraction of sp³-hybridized carbons (Fsp3) is 0.625. The molecule has 0 bridgehead atoms. The molecule has 0 aliphatic heterocycles. The van der Waals surface area contributed by atoms with Crippen molar-refractivity contribution in [1.29, 1.82) is 0 Å². The molecule has 0 aromatic carbocycles. The number of nitrogens with zero attached hydrogens (tertiary/aromatic N) is 3. The number of rotatable bonds is 8. The second-order valence-electron chi connectivity index (χ2n) is 5.81. The Balaban J connectivity index is 2.81. The van der Waals surface area contributed by atoms with Crippen LogP contribution in [0.2, 0.25) is 0 Å². The van der Waals surface area contributed by atoms with Gasteiger partial charge in [0.15, 0.2) is 0 Å². The van der Waals surface area contributed by atoms with Crippen LogP contribution in [0, 0.1) is 5.92 Å². The lowest BCUT2D eigenvalue weighted by Gasteiger charge is -2.25. The van der Waals surface area contributed by atoms with Gasteiger partial charge in [-0.05, 0) is 25.5 Å². The minimum atomic E-state index is 0.0867. The number of carbonyl (C=O) groups excluding carboxylic acids is 1. The normalized spacial score (nSPS) is 10.8. The van der Waals surface area contributed by atoms with Crippen LogP contribution in [0.1, 0.15) is 26.3 Å². The summed E-state index contributed by atoms with van der Waals surface area (Å²) in [5, 5.41) is 3.43. The van der Waals surface area contributed by atoms with Crippen LogP contribution in [-0.4, -0.2) is 49.5 Å². The predicted molar refractivity (Wildman–Crippen MR) is 87.4 cm³/mol. The van der Waals surface area contributed by atoms with Crippen LogP contribution in [-0.2, 0) is 11.3 Å². The van der Waals surface area contributed by atoms with Gasteiger partial charge in [-0.15, -0.1) is 0 Å². The van der Waals surface area contributed by atoms with Gasteiger partial charge in [-0.1, -0.05) is 19.9 Å². The molecule has 1 N–H and O–H groups in total. The molecule has 0 aliphatic carbocycles. The molecule has 118 valence electrons. The van der Waals surface area contributed by atoms with Crippen molar-refractivity contribution in [1.82, 2.24) is 15.2 Å². The first kappa shape index (κ1) is 17.4. The van der Waals surface area contributed by atoms with E-state index in [9.17, 15) is 4.79 Å². The third-order valence-electron chi connectivity index (χ3n) is 3.24. The summed E-state index contributed by atoms with van der Waals surface area (Å²) < 4.78 is 0. The molecule has 0 unspecified atom stereocenters. The molecule has 1 heterocycles. The third-order valence-corrected chi connectivity index (χ3v) is 3.24. The lowest BCUT2D eigenvalue weighted by atomic mass is 10.2. The Morgan fingerprint density at radius 1 is 1.38 bits per heavy atom. The van der Waals surface area contributed by atoms with Gasteiger partial charge in [0.05, 0.1) is 6.54 Å².